The van der Waals surface area contributed by atoms with E-state index in [1.54, 1.807) is 17.0 Å². The van der Waals surface area contributed by atoms with Crippen LogP contribution in [-0.4, -0.2) is 28.2 Å². The van der Waals surface area contributed by atoms with Crippen LogP contribution in [0.15, 0.2) is 29.3 Å². The van der Waals surface area contributed by atoms with E-state index in [1.165, 1.54) is 6.33 Å². The Morgan fingerprint density at radius 3 is 3.00 bits per heavy atom. The summed E-state index contributed by atoms with van der Waals surface area (Å²) in [5, 5.41) is 0.502. The van der Waals surface area contributed by atoms with E-state index in [-0.39, 0.29) is 17.4 Å². The molecule has 2 heterocycles. The van der Waals surface area contributed by atoms with Crippen molar-refractivity contribution in [1.29, 1.82) is 0 Å². The van der Waals surface area contributed by atoms with Crippen LogP contribution < -0.4 is 10.5 Å². The molecule has 0 aliphatic carbocycles. The van der Waals surface area contributed by atoms with Crippen LogP contribution in [-0.2, 0) is 4.79 Å². The van der Waals surface area contributed by atoms with E-state index >= 15 is 0 Å². The summed E-state index contributed by atoms with van der Waals surface area (Å²) in [5.74, 6) is 1.05. The Morgan fingerprint density at radius 2 is 2.26 bits per heavy atom. The molecule has 0 spiro atoms. The number of fused-ring (bicyclic) bond motifs is 1. The van der Waals surface area contributed by atoms with Gasteiger partial charge in [-0.25, -0.2) is 4.98 Å². The fourth-order valence-corrected chi connectivity index (χ4v) is 2.62. The van der Waals surface area contributed by atoms with Crippen LogP contribution in [0.2, 0.25) is 0 Å². The van der Waals surface area contributed by atoms with E-state index in [9.17, 15) is 9.59 Å². The molecular formula is C13H13N3O2S. The minimum absolute atomic E-state index is 0.0821. The quantitative estimate of drug-likeness (QED) is 0.810. The van der Waals surface area contributed by atoms with Crippen LogP contribution in [0.5, 0.6) is 0 Å². The molecule has 1 N–H and O–H groups in total. The third-order valence-electron chi connectivity index (χ3n) is 3.40. The van der Waals surface area contributed by atoms with E-state index in [1.807, 2.05) is 6.07 Å². The predicted molar refractivity (Wildman–Crippen MR) is 76.7 cm³/mol. The first-order valence-corrected chi connectivity index (χ1v) is 6.71. The molecule has 0 saturated carbocycles. The molecule has 1 aliphatic heterocycles. The smallest absolute Gasteiger partial charge is 0.258 e. The Hall–Kier alpha value is -1.82. The van der Waals surface area contributed by atoms with Crippen molar-refractivity contribution < 1.29 is 4.79 Å². The SMILES string of the molecule is O=C1CC(CS)CN1c1ccc2nc[nH]c(=O)c2c1. The zero-order valence-electron chi connectivity index (χ0n) is 10.2. The maximum absolute atomic E-state index is 12.0. The van der Waals surface area contributed by atoms with Crippen LogP contribution in [0.1, 0.15) is 6.42 Å². The van der Waals surface area contributed by atoms with Gasteiger partial charge in [-0.1, -0.05) is 0 Å². The third-order valence-corrected chi connectivity index (χ3v) is 3.92. The van der Waals surface area contributed by atoms with Gasteiger partial charge in [-0.05, 0) is 29.9 Å². The number of amides is 1. The van der Waals surface area contributed by atoms with E-state index < -0.39 is 0 Å². The molecule has 0 bridgehead atoms. The summed E-state index contributed by atoms with van der Waals surface area (Å²) >= 11 is 4.24. The fourth-order valence-electron chi connectivity index (χ4n) is 2.38. The molecule has 98 valence electrons. The average Bonchev–Trinajstić information content (AvgIpc) is 2.80. The van der Waals surface area contributed by atoms with Crippen molar-refractivity contribution in [2.24, 2.45) is 5.92 Å². The van der Waals surface area contributed by atoms with Gasteiger partial charge in [-0.15, -0.1) is 0 Å². The number of carbonyl (C=O) groups is 1. The molecule has 19 heavy (non-hydrogen) atoms. The molecule has 5 nitrogen and oxygen atoms in total. The summed E-state index contributed by atoms with van der Waals surface area (Å²) in [4.78, 5) is 32.0. The minimum Gasteiger partial charge on any atom is -0.313 e. The van der Waals surface area contributed by atoms with Gasteiger partial charge in [0.05, 0.1) is 17.2 Å². The first kappa shape index (κ1) is 12.2. The highest BCUT2D eigenvalue weighted by atomic mass is 32.1. The Kier molecular flexibility index (Phi) is 3.02. The second-order valence-electron chi connectivity index (χ2n) is 4.69. The molecule has 1 amide bonds. The lowest BCUT2D eigenvalue weighted by Gasteiger charge is -2.16. The molecule has 1 aromatic heterocycles. The molecule has 1 atom stereocenters. The lowest BCUT2D eigenvalue weighted by molar-refractivity contribution is -0.117. The molecule has 1 saturated heterocycles. The van der Waals surface area contributed by atoms with E-state index in [2.05, 4.69) is 22.6 Å². The number of aromatic nitrogens is 2. The van der Waals surface area contributed by atoms with Gasteiger partial charge in [0, 0.05) is 18.7 Å². The number of nitrogens with zero attached hydrogens (tertiary/aromatic N) is 2. The lowest BCUT2D eigenvalue weighted by Crippen LogP contribution is -2.24. The fraction of sp³-hybridized carbons (Fsp3) is 0.308. The monoisotopic (exact) mass is 275 g/mol. The first-order chi connectivity index (χ1) is 9.19. The summed E-state index contributed by atoms with van der Waals surface area (Å²) in [6.07, 6.45) is 1.90. The first-order valence-electron chi connectivity index (χ1n) is 6.07. The van der Waals surface area contributed by atoms with Crippen LogP contribution in [0.25, 0.3) is 10.9 Å². The van der Waals surface area contributed by atoms with Crippen molar-refractivity contribution in [2.75, 3.05) is 17.2 Å². The van der Waals surface area contributed by atoms with Gasteiger partial charge in [-0.3, -0.25) is 9.59 Å². The second-order valence-corrected chi connectivity index (χ2v) is 5.06. The van der Waals surface area contributed by atoms with Gasteiger partial charge in [0.2, 0.25) is 5.91 Å². The summed E-state index contributed by atoms with van der Waals surface area (Å²) in [6.45, 7) is 0.659. The van der Waals surface area contributed by atoms with Crippen LogP contribution in [0.4, 0.5) is 5.69 Å². The molecule has 2 aromatic rings. The number of rotatable bonds is 2. The van der Waals surface area contributed by atoms with Crippen LogP contribution in [0, 0.1) is 5.92 Å². The van der Waals surface area contributed by atoms with Crippen molar-refractivity contribution in [3.63, 3.8) is 0 Å². The number of carbonyl (C=O) groups excluding carboxylic acids is 1. The second kappa shape index (κ2) is 4.70. The molecule has 0 radical (unpaired) electrons. The van der Waals surface area contributed by atoms with Crippen molar-refractivity contribution in [3.05, 3.63) is 34.9 Å². The van der Waals surface area contributed by atoms with Crippen molar-refractivity contribution in [1.82, 2.24) is 9.97 Å². The summed E-state index contributed by atoms with van der Waals surface area (Å²) in [7, 11) is 0. The number of nitrogens with one attached hydrogen (secondary N) is 1. The van der Waals surface area contributed by atoms with Crippen molar-refractivity contribution >= 4 is 35.1 Å². The number of H-pyrrole nitrogens is 1. The highest BCUT2D eigenvalue weighted by Crippen LogP contribution is 2.27. The highest BCUT2D eigenvalue weighted by molar-refractivity contribution is 7.80. The van der Waals surface area contributed by atoms with Gasteiger partial charge < -0.3 is 9.88 Å². The van der Waals surface area contributed by atoms with Gasteiger partial charge >= 0.3 is 0 Å². The summed E-state index contributed by atoms with van der Waals surface area (Å²) in [5.41, 5.74) is 1.19. The van der Waals surface area contributed by atoms with Crippen LogP contribution >= 0.6 is 12.6 Å². The third kappa shape index (κ3) is 2.12. The number of benzene rings is 1. The summed E-state index contributed by atoms with van der Waals surface area (Å²) < 4.78 is 0. The average molecular weight is 275 g/mol. The van der Waals surface area contributed by atoms with E-state index in [0.29, 0.717) is 29.6 Å². The molecular weight excluding hydrogens is 262 g/mol. The zero-order chi connectivity index (χ0) is 13.4. The maximum Gasteiger partial charge on any atom is 0.258 e. The number of hydrogen-bond acceptors (Lipinski definition) is 4. The topological polar surface area (TPSA) is 66.1 Å². The zero-order valence-corrected chi connectivity index (χ0v) is 11.1. The van der Waals surface area contributed by atoms with E-state index in [4.69, 9.17) is 0 Å². The number of anilines is 1. The van der Waals surface area contributed by atoms with Gasteiger partial charge in [0.15, 0.2) is 0 Å². The highest BCUT2D eigenvalue weighted by Gasteiger charge is 2.29. The van der Waals surface area contributed by atoms with Gasteiger partial charge in [-0.2, -0.15) is 12.6 Å². The summed E-state index contributed by atoms with van der Waals surface area (Å²) in [6, 6.07) is 5.31. The molecule has 3 rings (SSSR count). The standard InChI is InChI=1S/C13H13N3O2S/c17-12-3-8(6-19)5-16(12)9-1-2-11-10(4-9)13(18)15-7-14-11/h1-2,4,7-8,19H,3,5-6H2,(H,14,15,18). The Labute approximate surface area is 115 Å². The molecule has 1 aliphatic rings. The minimum atomic E-state index is -0.191. The maximum atomic E-state index is 12.0. The predicted octanol–water partition coefficient (Wildman–Crippen LogP) is 1.21. The largest absolute Gasteiger partial charge is 0.313 e. The van der Waals surface area contributed by atoms with E-state index in [0.717, 1.165) is 5.69 Å². The molecule has 1 unspecified atom stereocenters. The Morgan fingerprint density at radius 1 is 1.42 bits per heavy atom. The van der Waals surface area contributed by atoms with Crippen LogP contribution in [0.3, 0.4) is 0 Å². The number of thiol groups is 1. The molecule has 1 fully saturated rings. The number of hydrogen-bond donors (Lipinski definition) is 2. The molecule has 1 aromatic carbocycles. The van der Waals surface area contributed by atoms with Crippen molar-refractivity contribution in [2.45, 2.75) is 6.42 Å². The van der Waals surface area contributed by atoms with Gasteiger partial charge in [0.1, 0.15) is 0 Å². The normalized spacial score (nSPS) is 19.3. The van der Waals surface area contributed by atoms with Crippen molar-refractivity contribution in [3.8, 4) is 0 Å². The Balaban J connectivity index is 2.04. The lowest BCUT2D eigenvalue weighted by atomic mass is 10.1. The molecule has 6 heteroatoms. The Bertz CT molecular complexity index is 698. The number of aromatic amines is 1. The van der Waals surface area contributed by atoms with Gasteiger partial charge in [0.25, 0.3) is 5.56 Å².